The van der Waals surface area contributed by atoms with Crippen molar-refractivity contribution in [1.82, 2.24) is 30.0 Å². The Morgan fingerprint density at radius 1 is 1.00 bits per heavy atom. The number of benzene rings is 2. The van der Waals surface area contributed by atoms with Crippen LogP contribution in [0.3, 0.4) is 0 Å². The first-order valence-corrected chi connectivity index (χ1v) is 8.85. The van der Waals surface area contributed by atoms with Crippen molar-refractivity contribution in [1.29, 1.82) is 0 Å². The van der Waals surface area contributed by atoms with E-state index in [9.17, 15) is 4.79 Å². The lowest BCUT2D eigenvalue weighted by molar-refractivity contribution is -0.115. The molecule has 8 heteroatoms. The summed E-state index contributed by atoms with van der Waals surface area (Å²) in [6.45, 7) is 3.91. The Balaban J connectivity index is 1.48. The van der Waals surface area contributed by atoms with Crippen molar-refractivity contribution >= 4 is 11.6 Å². The van der Waals surface area contributed by atoms with Gasteiger partial charge in [-0.3, -0.25) is 4.79 Å². The van der Waals surface area contributed by atoms with Crippen LogP contribution >= 0.6 is 0 Å². The van der Waals surface area contributed by atoms with Crippen LogP contribution in [0, 0.1) is 13.8 Å². The van der Waals surface area contributed by atoms with Crippen molar-refractivity contribution in [2.24, 2.45) is 0 Å². The fourth-order valence-corrected chi connectivity index (χ4v) is 3.09. The van der Waals surface area contributed by atoms with E-state index in [1.165, 1.54) is 6.33 Å². The zero-order valence-corrected chi connectivity index (χ0v) is 15.6. The van der Waals surface area contributed by atoms with Crippen LogP contribution in [0.4, 0.5) is 5.69 Å². The molecule has 2 aromatic carbocycles. The highest BCUT2D eigenvalue weighted by Crippen LogP contribution is 2.19. The predicted molar refractivity (Wildman–Crippen MR) is 105 cm³/mol. The van der Waals surface area contributed by atoms with Crippen LogP contribution in [0.25, 0.3) is 11.4 Å². The molecule has 0 bridgehead atoms. The molecule has 0 saturated carbocycles. The molecule has 0 saturated heterocycles. The molecule has 0 aliphatic heterocycles. The second-order valence-corrected chi connectivity index (χ2v) is 6.42. The Morgan fingerprint density at radius 2 is 1.75 bits per heavy atom. The van der Waals surface area contributed by atoms with Gasteiger partial charge in [0.05, 0.1) is 23.5 Å². The van der Waals surface area contributed by atoms with E-state index in [-0.39, 0.29) is 12.3 Å². The van der Waals surface area contributed by atoms with E-state index in [0.717, 1.165) is 28.3 Å². The van der Waals surface area contributed by atoms with Gasteiger partial charge in [-0.15, -0.1) is 5.10 Å². The maximum absolute atomic E-state index is 12.6. The topological polar surface area (TPSA) is 90.5 Å². The third-order valence-electron chi connectivity index (χ3n) is 4.54. The molecule has 4 aromatic rings. The molecule has 0 aliphatic rings. The van der Waals surface area contributed by atoms with Crippen molar-refractivity contribution in [3.8, 4) is 11.4 Å². The predicted octanol–water partition coefficient (Wildman–Crippen LogP) is 2.65. The lowest BCUT2D eigenvalue weighted by atomic mass is 10.1. The monoisotopic (exact) mass is 373 g/mol. The first-order valence-electron chi connectivity index (χ1n) is 8.85. The quantitative estimate of drug-likeness (QED) is 0.581. The van der Waals surface area contributed by atoms with Crippen molar-refractivity contribution in [2.45, 2.75) is 20.3 Å². The van der Waals surface area contributed by atoms with Gasteiger partial charge in [0.15, 0.2) is 0 Å². The second-order valence-electron chi connectivity index (χ2n) is 6.42. The van der Waals surface area contributed by atoms with Crippen LogP contribution in [0.2, 0.25) is 0 Å². The van der Waals surface area contributed by atoms with Crippen LogP contribution in [0.1, 0.15) is 17.0 Å². The Kier molecular flexibility index (Phi) is 4.67. The van der Waals surface area contributed by atoms with Gasteiger partial charge >= 0.3 is 0 Å². The van der Waals surface area contributed by atoms with Crippen molar-refractivity contribution < 1.29 is 4.79 Å². The van der Waals surface area contributed by atoms with Gasteiger partial charge in [-0.25, -0.2) is 9.36 Å². The molecule has 2 heterocycles. The molecular formula is C20H19N7O. The summed E-state index contributed by atoms with van der Waals surface area (Å²) in [6, 6.07) is 17.2. The summed E-state index contributed by atoms with van der Waals surface area (Å²) in [7, 11) is 0. The van der Waals surface area contributed by atoms with Crippen LogP contribution in [0.5, 0.6) is 0 Å². The summed E-state index contributed by atoms with van der Waals surface area (Å²) < 4.78 is 3.43. The zero-order valence-electron chi connectivity index (χ0n) is 15.6. The summed E-state index contributed by atoms with van der Waals surface area (Å²) >= 11 is 0. The largest absolute Gasteiger partial charge is 0.326 e. The Bertz CT molecular complexity index is 1080. The number of aryl methyl sites for hydroxylation is 1. The Hall–Kier alpha value is -3.81. The average Bonchev–Trinajstić information content (AvgIpc) is 3.34. The van der Waals surface area contributed by atoms with Gasteiger partial charge < -0.3 is 5.32 Å². The van der Waals surface area contributed by atoms with E-state index in [4.69, 9.17) is 0 Å². The summed E-state index contributed by atoms with van der Waals surface area (Å²) in [5.41, 5.74) is 5.27. The maximum Gasteiger partial charge on any atom is 0.228 e. The molecular weight excluding hydrogens is 354 g/mol. The van der Waals surface area contributed by atoms with Crippen LogP contribution in [0.15, 0.2) is 60.9 Å². The first kappa shape index (κ1) is 17.6. The number of nitrogens with one attached hydrogen (secondary N) is 1. The number of amides is 1. The smallest absolute Gasteiger partial charge is 0.228 e. The van der Waals surface area contributed by atoms with Gasteiger partial charge in [0.1, 0.15) is 6.33 Å². The highest BCUT2D eigenvalue weighted by molar-refractivity contribution is 5.92. The molecule has 1 amide bonds. The number of carbonyl (C=O) groups is 1. The Morgan fingerprint density at radius 3 is 2.43 bits per heavy atom. The number of carbonyl (C=O) groups excluding carboxylic acids is 1. The summed E-state index contributed by atoms with van der Waals surface area (Å²) in [4.78, 5) is 12.6. The minimum atomic E-state index is -0.0889. The van der Waals surface area contributed by atoms with Crippen LogP contribution < -0.4 is 5.32 Å². The number of anilines is 1. The number of tetrazole rings is 1. The van der Waals surface area contributed by atoms with E-state index < -0.39 is 0 Å². The molecule has 28 heavy (non-hydrogen) atoms. The second kappa shape index (κ2) is 7.43. The first-order chi connectivity index (χ1) is 13.6. The van der Waals surface area contributed by atoms with Crippen molar-refractivity contribution in [3.63, 3.8) is 0 Å². The zero-order chi connectivity index (χ0) is 19.5. The molecule has 0 aliphatic carbocycles. The average molecular weight is 373 g/mol. The number of nitrogens with zero attached hydrogens (tertiary/aromatic N) is 6. The number of hydrogen-bond acceptors (Lipinski definition) is 5. The highest BCUT2D eigenvalue weighted by atomic mass is 16.1. The molecule has 2 aromatic heterocycles. The number of aromatic nitrogens is 6. The highest BCUT2D eigenvalue weighted by Gasteiger charge is 2.16. The SMILES string of the molecule is Cc1nn(-c2ccccc2)c(C)c1CC(=O)Nc1ccc(-n2cnnn2)cc1. The summed E-state index contributed by atoms with van der Waals surface area (Å²) in [5, 5.41) is 18.6. The van der Waals surface area contributed by atoms with Crippen LogP contribution in [-0.2, 0) is 11.2 Å². The van der Waals surface area contributed by atoms with E-state index in [0.29, 0.717) is 5.69 Å². The molecule has 0 radical (unpaired) electrons. The van der Waals surface area contributed by atoms with E-state index in [1.807, 2.05) is 73.1 Å². The van der Waals surface area contributed by atoms with Gasteiger partial charge in [-0.1, -0.05) is 18.2 Å². The lowest BCUT2D eigenvalue weighted by Gasteiger charge is -2.07. The molecule has 8 nitrogen and oxygen atoms in total. The van der Waals surface area contributed by atoms with Crippen LogP contribution in [-0.4, -0.2) is 35.9 Å². The maximum atomic E-state index is 12.6. The summed E-state index contributed by atoms with van der Waals surface area (Å²) in [5.74, 6) is -0.0889. The lowest BCUT2D eigenvalue weighted by Crippen LogP contribution is -2.15. The fraction of sp³-hybridized carbons (Fsp3) is 0.150. The van der Waals surface area contributed by atoms with Gasteiger partial charge in [0, 0.05) is 16.9 Å². The van der Waals surface area contributed by atoms with Gasteiger partial charge in [-0.2, -0.15) is 5.10 Å². The summed E-state index contributed by atoms with van der Waals surface area (Å²) in [6.07, 6.45) is 1.78. The molecule has 140 valence electrons. The normalized spacial score (nSPS) is 10.8. The molecule has 0 spiro atoms. The molecule has 0 unspecified atom stereocenters. The molecule has 0 fully saturated rings. The van der Waals surface area contributed by atoms with Gasteiger partial charge in [0.2, 0.25) is 5.91 Å². The number of para-hydroxylation sites is 1. The molecule has 4 rings (SSSR count). The minimum absolute atomic E-state index is 0.0889. The van der Waals surface area contributed by atoms with E-state index in [2.05, 4.69) is 25.9 Å². The standard InChI is InChI=1S/C20H19N7O/c1-14-19(15(2)27(23-14)18-6-4-3-5-7-18)12-20(28)22-16-8-10-17(11-9-16)26-13-21-24-25-26/h3-11,13H,12H2,1-2H3,(H,22,28). The third kappa shape index (κ3) is 3.52. The number of hydrogen-bond donors (Lipinski definition) is 1. The molecule has 0 atom stereocenters. The van der Waals surface area contributed by atoms with Crippen molar-refractivity contribution in [3.05, 3.63) is 77.9 Å². The minimum Gasteiger partial charge on any atom is -0.326 e. The number of rotatable bonds is 5. The van der Waals surface area contributed by atoms with Gasteiger partial charge in [-0.05, 0) is 60.7 Å². The fourth-order valence-electron chi connectivity index (χ4n) is 3.09. The van der Waals surface area contributed by atoms with Gasteiger partial charge in [0.25, 0.3) is 0 Å². The van der Waals surface area contributed by atoms with E-state index >= 15 is 0 Å². The molecule has 1 N–H and O–H groups in total. The van der Waals surface area contributed by atoms with Crippen molar-refractivity contribution in [2.75, 3.05) is 5.32 Å². The Labute approximate surface area is 161 Å². The van der Waals surface area contributed by atoms with E-state index in [1.54, 1.807) is 4.68 Å². The third-order valence-corrected chi connectivity index (χ3v) is 4.54.